The summed E-state index contributed by atoms with van der Waals surface area (Å²) in [5, 5.41) is 7.61. The Labute approximate surface area is 136 Å². The molecule has 108 valence electrons. The first-order chi connectivity index (χ1) is 10.1. The zero-order chi connectivity index (χ0) is 14.8. The molecule has 1 unspecified atom stereocenters. The van der Waals surface area contributed by atoms with E-state index in [-0.39, 0.29) is 6.04 Å². The second kappa shape index (κ2) is 6.05. The van der Waals surface area contributed by atoms with Crippen LogP contribution in [0.2, 0.25) is 8.67 Å². The van der Waals surface area contributed by atoms with Gasteiger partial charge in [0.15, 0.2) is 0 Å². The molecular weight excluding hydrogens is 327 g/mol. The minimum Gasteiger partial charge on any atom is -0.377 e. The van der Waals surface area contributed by atoms with Gasteiger partial charge in [0.05, 0.1) is 26.1 Å². The van der Waals surface area contributed by atoms with E-state index in [1.165, 1.54) is 17.7 Å². The van der Waals surface area contributed by atoms with Crippen LogP contribution in [0.4, 0.5) is 5.69 Å². The highest BCUT2D eigenvalue weighted by atomic mass is 35.5. The second-order valence-electron chi connectivity index (χ2n) is 4.50. The molecule has 0 radical (unpaired) electrons. The summed E-state index contributed by atoms with van der Waals surface area (Å²) in [6, 6.07) is 9.83. The summed E-state index contributed by atoms with van der Waals surface area (Å²) >= 11 is 13.6. The maximum absolute atomic E-state index is 6.21. The molecule has 1 atom stereocenters. The Balaban J connectivity index is 1.90. The summed E-state index contributed by atoms with van der Waals surface area (Å²) in [6.45, 7) is 2.04. The lowest BCUT2D eigenvalue weighted by atomic mass is 10.1. The number of nitrogens with zero attached hydrogens (tertiary/aromatic N) is 3. The van der Waals surface area contributed by atoms with Crippen molar-refractivity contribution in [2.45, 2.75) is 13.0 Å². The predicted octanol–water partition coefficient (Wildman–Crippen LogP) is 4.81. The summed E-state index contributed by atoms with van der Waals surface area (Å²) < 4.78 is 3.11. The lowest BCUT2D eigenvalue weighted by molar-refractivity contribution is 0.855. The van der Waals surface area contributed by atoms with E-state index in [0.717, 1.165) is 16.9 Å². The standard InChI is InChI=1S/C14H12Cl2N4S/c1-9(10-6-13(15)21-14(10)16)19-11-4-2-3-5-12(11)20-8-17-7-18-20/h2-9,19H,1H3. The van der Waals surface area contributed by atoms with Crippen molar-refractivity contribution in [1.29, 1.82) is 0 Å². The van der Waals surface area contributed by atoms with Crippen molar-refractivity contribution in [3.63, 3.8) is 0 Å². The smallest absolute Gasteiger partial charge is 0.138 e. The Kier molecular flexibility index (Phi) is 4.14. The monoisotopic (exact) mass is 338 g/mol. The Hall–Kier alpha value is -1.56. The Bertz CT molecular complexity index is 739. The van der Waals surface area contributed by atoms with Gasteiger partial charge in [-0.2, -0.15) is 5.10 Å². The quantitative estimate of drug-likeness (QED) is 0.742. The summed E-state index contributed by atoms with van der Waals surface area (Å²) in [5.41, 5.74) is 2.87. The van der Waals surface area contributed by atoms with Gasteiger partial charge < -0.3 is 5.32 Å². The van der Waals surface area contributed by atoms with Gasteiger partial charge in [-0.15, -0.1) is 11.3 Å². The molecule has 0 aliphatic heterocycles. The third-order valence-electron chi connectivity index (χ3n) is 3.09. The fraction of sp³-hybridized carbons (Fsp3) is 0.143. The number of hydrogen-bond donors (Lipinski definition) is 1. The minimum absolute atomic E-state index is 0.0333. The maximum atomic E-state index is 6.21. The summed E-state index contributed by atoms with van der Waals surface area (Å²) in [6.07, 6.45) is 3.18. The minimum atomic E-state index is 0.0333. The lowest BCUT2D eigenvalue weighted by Gasteiger charge is -2.17. The Morgan fingerprint density at radius 2 is 2.10 bits per heavy atom. The zero-order valence-electron chi connectivity index (χ0n) is 11.1. The van der Waals surface area contributed by atoms with Crippen molar-refractivity contribution in [3.05, 3.63) is 57.2 Å². The van der Waals surface area contributed by atoms with Crippen molar-refractivity contribution < 1.29 is 0 Å². The van der Waals surface area contributed by atoms with Gasteiger partial charge in [0, 0.05) is 5.56 Å². The molecule has 2 aromatic heterocycles. The van der Waals surface area contributed by atoms with Crippen LogP contribution in [-0.4, -0.2) is 14.8 Å². The molecule has 0 aliphatic carbocycles. The first-order valence-corrected chi connectivity index (χ1v) is 7.87. The fourth-order valence-electron chi connectivity index (χ4n) is 2.09. The molecule has 1 N–H and O–H groups in total. The van der Waals surface area contributed by atoms with Crippen LogP contribution in [0.25, 0.3) is 5.69 Å². The SMILES string of the molecule is CC(Nc1ccccc1-n1cncn1)c1cc(Cl)sc1Cl. The van der Waals surface area contributed by atoms with E-state index < -0.39 is 0 Å². The average Bonchev–Trinajstić information content (AvgIpc) is 3.09. The van der Waals surface area contributed by atoms with Crippen LogP contribution in [0.15, 0.2) is 43.0 Å². The Morgan fingerprint density at radius 3 is 2.76 bits per heavy atom. The molecule has 3 aromatic rings. The fourth-order valence-corrected chi connectivity index (χ4v) is 3.73. The number of benzene rings is 1. The van der Waals surface area contributed by atoms with E-state index in [2.05, 4.69) is 15.4 Å². The normalized spacial score (nSPS) is 12.3. The first-order valence-electron chi connectivity index (χ1n) is 6.30. The third kappa shape index (κ3) is 3.05. The van der Waals surface area contributed by atoms with E-state index >= 15 is 0 Å². The number of aromatic nitrogens is 3. The number of rotatable bonds is 4. The molecule has 21 heavy (non-hydrogen) atoms. The number of hydrogen-bond acceptors (Lipinski definition) is 4. The molecule has 1 aromatic carbocycles. The van der Waals surface area contributed by atoms with Gasteiger partial charge in [0.2, 0.25) is 0 Å². The molecule has 3 rings (SSSR count). The number of para-hydroxylation sites is 2. The van der Waals surface area contributed by atoms with Gasteiger partial charge in [-0.3, -0.25) is 0 Å². The summed E-state index contributed by atoms with van der Waals surface area (Å²) in [7, 11) is 0. The molecular formula is C14H12Cl2N4S. The molecule has 0 aliphatic rings. The number of thiophene rings is 1. The van der Waals surface area contributed by atoms with Crippen molar-refractivity contribution in [3.8, 4) is 5.69 Å². The van der Waals surface area contributed by atoms with Crippen LogP contribution in [0, 0.1) is 0 Å². The van der Waals surface area contributed by atoms with Crippen LogP contribution in [0.3, 0.4) is 0 Å². The van der Waals surface area contributed by atoms with Crippen molar-refractivity contribution >= 4 is 40.2 Å². The van der Waals surface area contributed by atoms with Crippen LogP contribution in [0.5, 0.6) is 0 Å². The van der Waals surface area contributed by atoms with Crippen LogP contribution < -0.4 is 5.32 Å². The van der Waals surface area contributed by atoms with Gasteiger partial charge in [0.1, 0.15) is 12.7 Å². The molecule has 0 amide bonds. The summed E-state index contributed by atoms with van der Waals surface area (Å²) in [4.78, 5) is 3.98. The van der Waals surface area contributed by atoms with Crippen molar-refractivity contribution in [2.24, 2.45) is 0 Å². The molecule has 2 heterocycles. The highest BCUT2D eigenvalue weighted by molar-refractivity contribution is 7.20. The number of nitrogens with one attached hydrogen (secondary N) is 1. The predicted molar refractivity (Wildman–Crippen MR) is 87.7 cm³/mol. The largest absolute Gasteiger partial charge is 0.377 e. The highest BCUT2D eigenvalue weighted by Gasteiger charge is 2.15. The molecule has 0 saturated carbocycles. The molecule has 0 spiro atoms. The van der Waals surface area contributed by atoms with E-state index in [4.69, 9.17) is 23.2 Å². The average molecular weight is 339 g/mol. The first kappa shape index (κ1) is 14.4. The molecule has 0 saturated heterocycles. The zero-order valence-corrected chi connectivity index (χ0v) is 13.5. The van der Waals surface area contributed by atoms with E-state index in [1.807, 2.05) is 37.3 Å². The molecule has 4 nitrogen and oxygen atoms in total. The third-order valence-corrected chi connectivity index (χ3v) is 4.61. The van der Waals surface area contributed by atoms with Gasteiger partial charge >= 0.3 is 0 Å². The van der Waals surface area contributed by atoms with Gasteiger partial charge in [0.25, 0.3) is 0 Å². The topological polar surface area (TPSA) is 42.7 Å². The lowest BCUT2D eigenvalue weighted by Crippen LogP contribution is -2.09. The van der Waals surface area contributed by atoms with Gasteiger partial charge in [-0.1, -0.05) is 35.3 Å². The molecule has 7 heteroatoms. The maximum Gasteiger partial charge on any atom is 0.138 e. The number of halogens is 2. The van der Waals surface area contributed by atoms with Gasteiger partial charge in [-0.05, 0) is 25.1 Å². The van der Waals surface area contributed by atoms with E-state index in [0.29, 0.717) is 8.67 Å². The number of anilines is 1. The second-order valence-corrected chi connectivity index (χ2v) is 6.79. The summed E-state index contributed by atoms with van der Waals surface area (Å²) in [5.74, 6) is 0. The Morgan fingerprint density at radius 1 is 1.29 bits per heavy atom. The highest BCUT2D eigenvalue weighted by Crippen LogP contribution is 2.36. The van der Waals surface area contributed by atoms with Crippen molar-refractivity contribution in [2.75, 3.05) is 5.32 Å². The van der Waals surface area contributed by atoms with Gasteiger partial charge in [-0.25, -0.2) is 9.67 Å². The van der Waals surface area contributed by atoms with E-state index in [9.17, 15) is 0 Å². The van der Waals surface area contributed by atoms with Crippen molar-refractivity contribution in [1.82, 2.24) is 14.8 Å². The molecule has 0 bridgehead atoms. The van der Waals surface area contributed by atoms with Crippen LogP contribution in [0.1, 0.15) is 18.5 Å². The van der Waals surface area contributed by atoms with Crippen LogP contribution in [-0.2, 0) is 0 Å². The van der Waals surface area contributed by atoms with E-state index in [1.54, 1.807) is 11.0 Å². The van der Waals surface area contributed by atoms with Crippen LogP contribution >= 0.6 is 34.5 Å². The molecule has 0 fully saturated rings.